The van der Waals surface area contributed by atoms with Crippen LogP contribution in [-0.4, -0.2) is 48.0 Å². The zero-order valence-corrected chi connectivity index (χ0v) is 18.0. The van der Waals surface area contributed by atoms with Crippen LogP contribution in [0.2, 0.25) is 0 Å². The van der Waals surface area contributed by atoms with Crippen LogP contribution in [0.5, 0.6) is 5.75 Å². The molecule has 0 bridgehead atoms. The van der Waals surface area contributed by atoms with Gasteiger partial charge in [0.25, 0.3) is 11.1 Å². The second-order valence-corrected chi connectivity index (χ2v) is 7.11. The molecule has 3 rings (SSSR count). The van der Waals surface area contributed by atoms with Crippen molar-refractivity contribution in [3.63, 3.8) is 0 Å². The summed E-state index contributed by atoms with van der Waals surface area (Å²) in [6.07, 6.45) is 0. The average molecular weight is 457 g/mol. The van der Waals surface area contributed by atoms with Gasteiger partial charge in [0.15, 0.2) is 6.61 Å². The van der Waals surface area contributed by atoms with Crippen LogP contribution in [0.25, 0.3) is 0 Å². The molecule has 166 valence electrons. The number of methoxy groups -OCH3 is 2. The topological polar surface area (TPSA) is 130 Å². The molecule has 10 nitrogen and oxygen atoms in total. The van der Waals surface area contributed by atoms with E-state index in [0.717, 1.165) is 11.8 Å². The van der Waals surface area contributed by atoms with Crippen molar-refractivity contribution in [1.29, 1.82) is 0 Å². The largest absolute Gasteiger partial charge is 0.484 e. The van der Waals surface area contributed by atoms with Gasteiger partial charge in [-0.3, -0.25) is 4.79 Å². The predicted molar refractivity (Wildman–Crippen MR) is 114 cm³/mol. The number of hydrogen-bond donors (Lipinski definition) is 1. The van der Waals surface area contributed by atoms with Crippen LogP contribution in [0.4, 0.5) is 5.69 Å². The fraction of sp³-hybridized carbons (Fsp3) is 0.190. The van der Waals surface area contributed by atoms with E-state index in [1.54, 1.807) is 12.1 Å². The van der Waals surface area contributed by atoms with E-state index in [2.05, 4.69) is 25.0 Å². The van der Waals surface area contributed by atoms with Crippen LogP contribution in [0, 0.1) is 0 Å². The molecule has 0 radical (unpaired) electrons. The van der Waals surface area contributed by atoms with Gasteiger partial charge in [0.05, 0.1) is 31.1 Å². The van der Waals surface area contributed by atoms with Crippen LogP contribution in [-0.2, 0) is 20.9 Å². The van der Waals surface area contributed by atoms with E-state index in [0.29, 0.717) is 5.75 Å². The molecule has 11 heteroatoms. The van der Waals surface area contributed by atoms with Gasteiger partial charge in [-0.1, -0.05) is 30.0 Å². The van der Waals surface area contributed by atoms with Gasteiger partial charge in [0, 0.05) is 5.69 Å². The number of nitrogens with zero attached hydrogens (tertiary/aromatic N) is 2. The van der Waals surface area contributed by atoms with Gasteiger partial charge in [-0.05, 0) is 30.3 Å². The predicted octanol–water partition coefficient (Wildman–Crippen LogP) is 2.95. The quantitative estimate of drug-likeness (QED) is 0.378. The molecule has 0 aliphatic rings. The van der Waals surface area contributed by atoms with E-state index >= 15 is 0 Å². The van der Waals surface area contributed by atoms with Crippen LogP contribution in [0.1, 0.15) is 26.6 Å². The molecule has 32 heavy (non-hydrogen) atoms. The molecule has 2 aromatic carbocycles. The monoisotopic (exact) mass is 457 g/mol. The molecule has 0 atom stereocenters. The van der Waals surface area contributed by atoms with Gasteiger partial charge in [-0.15, -0.1) is 10.2 Å². The highest BCUT2D eigenvalue weighted by molar-refractivity contribution is 7.99. The molecular formula is C21H19N3O7S. The smallest absolute Gasteiger partial charge is 0.337 e. The molecule has 0 fully saturated rings. The molecule has 1 heterocycles. The normalized spacial score (nSPS) is 10.3. The van der Waals surface area contributed by atoms with Crippen LogP contribution in [0.3, 0.4) is 0 Å². The number of benzene rings is 2. The van der Waals surface area contributed by atoms with Crippen molar-refractivity contribution in [2.75, 3.05) is 25.3 Å². The van der Waals surface area contributed by atoms with E-state index in [1.165, 1.54) is 32.4 Å². The van der Waals surface area contributed by atoms with Crippen molar-refractivity contribution in [2.24, 2.45) is 0 Å². The average Bonchev–Trinajstić information content (AvgIpc) is 3.28. The van der Waals surface area contributed by atoms with E-state index in [-0.39, 0.29) is 40.3 Å². The molecule has 0 aliphatic carbocycles. The van der Waals surface area contributed by atoms with Crippen molar-refractivity contribution in [1.82, 2.24) is 10.2 Å². The molecular weight excluding hydrogens is 438 g/mol. The summed E-state index contributed by atoms with van der Waals surface area (Å²) in [5.74, 6) is -0.830. The highest BCUT2D eigenvalue weighted by atomic mass is 32.2. The minimum atomic E-state index is -0.656. The highest BCUT2D eigenvalue weighted by Crippen LogP contribution is 2.20. The van der Waals surface area contributed by atoms with E-state index in [1.807, 2.05) is 18.2 Å². The number of amides is 1. The number of thioether (sulfide) groups is 1. The van der Waals surface area contributed by atoms with E-state index in [9.17, 15) is 14.4 Å². The molecule has 1 amide bonds. The lowest BCUT2D eigenvalue weighted by Gasteiger charge is -2.09. The van der Waals surface area contributed by atoms with Gasteiger partial charge in [-0.2, -0.15) is 0 Å². The van der Waals surface area contributed by atoms with E-state index in [4.69, 9.17) is 9.15 Å². The van der Waals surface area contributed by atoms with Crippen molar-refractivity contribution in [2.45, 2.75) is 11.8 Å². The number of ether oxygens (including phenoxy) is 3. The van der Waals surface area contributed by atoms with Gasteiger partial charge in [-0.25, -0.2) is 9.59 Å². The number of nitrogens with one attached hydrogen (secondary N) is 1. The third-order valence-electron chi connectivity index (χ3n) is 3.94. The summed E-state index contributed by atoms with van der Waals surface area (Å²) in [5.41, 5.74) is 0.429. The Labute approximate surface area is 187 Å². The summed E-state index contributed by atoms with van der Waals surface area (Å²) in [4.78, 5) is 36.0. The Morgan fingerprint density at radius 3 is 2.25 bits per heavy atom. The second-order valence-electron chi connectivity index (χ2n) is 6.18. The fourth-order valence-electron chi connectivity index (χ4n) is 2.51. The Hall–Kier alpha value is -3.86. The first-order chi connectivity index (χ1) is 15.5. The zero-order valence-electron chi connectivity index (χ0n) is 17.2. The standard InChI is InChI=1S/C21H19N3O7S/c1-28-19(26)13-8-14(20(27)29-2)10-15(9-13)22-17(25)12-32-21-24-23-18(31-21)11-30-16-6-4-3-5-7-16/h3-10H,11-12H2,1-2H3,(H,22,25). The lowest BCUT2D eigenvalue weighted by molar-refractivity contribution is -0.113. The number of hydrogen-bond acceptors (Lipinski definition) is 10. The lowest BCUT2D eigenvalue weighted by atomic mass is 10.1. The van der Waals surface area contributed by atoms with Crippen LogP contribution in [0.15, 0.2) is 58.2 Å². The summed E-state index contributed by atoms with van der Waals surface area (Å²) >= 11 is 1.03. The van der Waals surface area contributed by atoms with Gasteiger partial charge < -0.3 is 23.9 Å². The zero-order chi connectivity index (χ0) is 22.9. The van der Waals surface area contributed by atoms with Gasteiger partial charge in [0.2, 0.25) is 5.91 Å². The summed E-state index contributed by atoms with van der Waals surface area (Å²) in [6.45, 7) is 0.0976. The molecule has 1 N–H and O–H groups in total. The SMILES string of the molecule is COC(=O)c1cc(NC(=O)CSc2nnc(COc3ccccc3)o2)cc(C(=O)OC)c1. The van der Waals surface area contributed by atoms with Gasteiger partial charge >= 0.3 is 11.9 Å². The van der Waals surface area contributed by atoms with Gasteiger partial charge in [0.1, 0.15) is 5.75 Å². The molecule has 0 saturated carbocycles. The Morgan fingerprint density at radius 2 is 1.62 bits per heavy atom. The Bertz CT molecular complexity index is 1070. The molecule has 0 aliphatic heterocycles. The van der Waals surface area contributed by atoms with Crippen molar-refractivity contribution < 1.29 is 33.0 Å². The Morgan fingerprint density at radius 1 is 0.969 bits per heavy atom. The summed E-state index contributed by atoms with van der Waals surface area (Å²) in [5, 5.41) is 10.6. The number of carbonyl (C=O) groups excluding carboxylic acids is 3. The maximum atomic E-state index is 12.3. The van der Waals surface area contributed by atoms with Crippen molar-refractivity contribution >= 4 is 35.3 Å². The molecule has 0 unspecified atom stereocenters. The minimum absolute atomic E-state index is 0.0445. The molecule has 3 aromatic rings. The van der Waals surface area contributed by atoms with Crippen molar-refractivity contribution in [3.8, 4) is 5.75 Å². The number of anilines is 1. The first kappa shape index (κ1) is 22.8. The fourth-order valence-corrected chi connectivity index (χ4v) is 3.09. The Kier molecular flexibility index (Phi) is 7.81. The van der Waals surface area contributed by atoms with Crippen LogP contribution < -0.4 is 10.1 Å². The number of esters is 2. The van der Waals surface area contributed by atoms with Crippen molar-refractivity contribution in [3.05, 3.63) is 65.5 Å². The molecule has 1 aromatic heterocycles. The number of rotatable bonds is 9. The first-order valence-electron chi connectivity index (χ1n) is 9.23. The summed E-state index contributed by atoms with van der Waals surface area (Å²) in [6, 6.07) is 13.3. The second kappa shape index (κ2) is 11.0. The molecule has 0 saturated heterocycles. The number of carbonyl (C=O) groups is 3. The summed E-state index contributed by atoms with van der Waals surface area (Å²) < 4.78 is 20.3. The maximum Gasteiger partial charge on any atom is 0.337 e. The highest BCUT2D eigenvalue weighted by Gasteiger charge is 2.16. The number of aromatic nitrogens is 2. The van der Waals surface area contributed by atoms with Crippen LogP contribution >= 0.6 is 11.8 Å². The van der Waals surface area contributed by atoms with E-state index < -0.39 is 17.8 Å². The molecule has 0 spiro atoms. The first-order valence-corrected chi connectivity index (χ1v) is 10.2. The Balaban J connectivity index is 1.57. The maximum absolute atomic E-state index is 12.3. The third kappa shape index (κ3) is 6.32. The number of para-hydroxylation sites is 1. The minimum Gasteiger partial charge on any atom is -0.484 e. The summed E-state index contributed by atoms with van der Waals surface area (Å²) in [7, 11) is 2.43. The lowest BCUT2D eigenvalue weighted by Crippen LogP contribution is -2.16. The third-order valence-corrected chi connectivity index (χ3v) is 4.76.